The van der Waals surface area contributed by atoms with E-state index < -0.39 is 0 Å². The van der Waals surface area contributed by atoms with Crippen molar-refractivity contribution in [3.8, 4) is 5.75 Å². The van der Waals surface area contributed by atoms with E-state index in [0.29, 0.717) is 11.3 Å². The predicted octanol–water partition coefficient (Wildman–Crippen LogP) is 3.06. The molecule has 0 saturated carbocycles. The third-order valence-corrected chi connectivity index (χ3v) is 3.13. The molecule has 0 unspecified atom stereocenters. The molecular formula is C17H18O3. The summed E-state index contributed by atoms with van der Waals surface area (Å²) in [6, 6.07) is 12.8. The molecule has 0 atom stereocenters. The van der Waals surface area contributed by atoms with Gasteiger partial charge >= 0.3 is 0 Å². The van der Waals surface area contributed by atoms with Gasteiger partial charge < -0.3 is 9.84 Å². The average molecular weight is 270 g/mol. The number of carbonyl (C=O) groups excluding carboxylic acids is 1. The highest BCUT2D eigenvalue weighted by Crippen LogP contribution is 2.15. The van der Waals surface area contributed by atoms with Crippen molar-refractivity contribution in [2.75, 3.05) is 6.61 Å². The molecule has 0 heterocycles. The minimum Gasteiger partial charge on any atom is -0.485 e. The Hall–Kier alpha value is -2.13. The number of rotatable bonds is 5. The second-order valence-electron chi connectivity index (χ2n) is 4.84. The number of ketones is 1. The lowest BCUT2D eigenvalue weighted by atomic mass is 10.0. The van der Waals surface area contributed by atoms with E-state index in [4.69, 9.17) is 9.84 Å². The molecule has 0 spiro atoms. The van der Waals surface area contributed by atoms with Crippen LogP contribution in [0.3, 0.4) is 0 Å². The van der Waals surface area contributed by atoms with Crippen molar-refractivity contribution in [1.82, 2.24) is 0 Å². The summed E-state index contributed by atoms with van der Waals surface area (Å²) in [5.41, 5.74) is 3.55. The zero-order valence-electron chi connectivity index (χ0n) is 11.7. The van der Waals surface area contributed by atoms with Crippen LogP contribution in [0.1, 0.15) is 27.0 Å². The summed E-state index contributed by atoms with van der Waals surface area (Å²) in [6.45, 7) is 3.88. The number of Topliss-reactive ketones (excluding diaryl/α,β-unsaturated/α-hetero) is 1. The average Bonchev–Trinajstić information content (AvgIpc) is 2.45. The van der Waals surface area contributed by atoms with Gasteiger partial charge in [0.25, 0.3) is 0 Å². The van der Waals surface area contributed by atoms with Gasteiger partial charge in [-0.15, -0.1) is 0 Å². The second-order valence-corrected chi connectivity index (χ2v) is 4.84. The molecule has 0 bridgehead atoms. The van der Waals surface area contributed by atoms with Crippen LogP contribution in [0, 0.1) is 13.8 Å². The summed E-state index contributed by atoms with van der Waals surface area (Å²) < 4.78 is 5.49. The van der Waals surface area contributed by atoms with E-state index in [1.54, 1.807) is 24.3 Å². The van der Waals surface area contributed by atoms with Crippen molar-refractivity contribution in [3.63, 3.8) is 0 Å². The Labute approximate surface area is 118 Å². The lowest BCUT2D eigenvalue weighted by Crippen LogP contribution is -2.13. The number of carbonyl (C=O) groups is 1. The van der Waals surface area contributed by atoms with Crippen LogP contribution in [0.15, 0.2) is 42.5 Å². The highest BCUT2D eigenvalue weighted by molar-refractivity contribution is 5.98. The molecule has 1 N–H and O–H groups in total. The smallest absolute Gasteiger partial charge is 0.200 e. The molecule has 0 amide bonds. The summed E-state index contributed by atoms with van der Waals surface area (Å²) in [5.74, 6) is 0.548. The van der Waals surface area contributed by atoms with Crippen LogP contribution in [-0.4, -0.2) is 17.5 Å². The summed E-state index contributed by atoms with van der Waals surface area (Å²) in [6.07, 6.45) is 0. The number of aryl methyl sites for hydroxylation is 2. The number of hydrogen-bond acceptors (Lipinski definition) is 3. The number of aliphatic hydroxyl groups excluding tert-OH is 1. The van der Waals surface area contributed by atoms with Gasteiger partial charge in [-0.3, -0.25) is 4.79 Å². The molecule has 20 heavy (non-hydrogen) atoms. The van der Waals surface area contributed by atoms with Crippen molar-refractivity contribution < 1.29 is 14.6 Å². The van der Waals surface area contributed by atoms with Gasteiger partial charge in [-0.25, -0.2) is 0 Å². The highest BCUT2D eigenvalue weighted by atomic mass is 16.5. The number of hydrogen-bond donors (Lipinski definition) is 1. The molecule has 0 aliphatic rings. The number of aliphatic hydroxyl groups is 1. The Morgan fingerprint density at radius 1 is 1.15 bits per heavy atom. The Morgan fingerprint density at radius 3 is 2.65 bits per heavy atom. The van der Waals surface area contributed by atoms with Gasteiger partial charge in [0.2, 0.25) is 0 Å². The monoisotopic (exact) mass is 270 g/mol. The van der Waals surface area contributed by atoms with Crippen LogP contribution in [0.2, 0.25) is 0 Å². The van der Waals surface area contributed by atoms with Gasteiger partial charge in [0.15, 0.2) is 12.4 Å². The summed E-state index contributed by atoms with van der Waals surface area (Å²) in [7, 11) is 0. The maximum Gasteiger partial charge on any atom is 0.200 e. The normalized spacial score (nSPS) is 10.3. The molecule has 0 radical (unpaired) electrons. The SMILES string of the molecule is Cc1ccc(C(=O)COc2cccc(CO)c2)c(C)c1. The first-order chi connectivity index (χ1) is 9.60. The maximum absolute atomic E-state index is 12.1. The fourth-order valence-electron chi connectivity index (χ4n) is 2.09. The molecule has 2 aromatic rings. The molecule has 0 saturated heterocycles. The van der Waals surface area contributed by atoms with Crippen LogP contribution in [-0.2, 0) is 6.61 Å². The minimum absolute atomic E-state index is 0.00121. The molecule has 0 aliphatic carbocycles. The largest absolute Gasteiger partial charge is 0.485 e. The standard InChI is InChI=1S/C17H18O3/c1-12-6-7-16(13(2)8-12)17(19)11-20-15-5-3-4-14(9-15)10-18/h3-9,18H,10-11H2,1-2H3. The molecule has 104 valence electrons. The molecular weight excluding hydrogens is 252 g/mol. The molecule has 2 aromatic carbocycles. The van der Waals surface area contributed by atoms with Crippen LogP contribution in [0.5, 0.6) is 5.75 Å². The van der Waals surface area contributed by atoms with Crippen molar-refractivity contribution in [1.29, 1.82) is 0 Å². The van der Waals surface area contributed by atoms with Crippen LogP contribution in [0.4, 0.5) is 0 Å². The van der Waals surface area contributed by atoms with Crippen LogP contribution in [0.25, 0.3) is 0 Å². The van der Waals surface area contributed by atoms with E-state index >= 15 is 0 Å². The zero-order chi connectivity index (χ0) is 14.5. The van der Waals surface area contributed by atoms with Gasteiger partial charge in [0, 0.05) is 5.56 Å². The minimum atomic E-state index is -0.0445. The lowest BCUT2D eigenvalue weighted by Gasteiger charge is -2.09. The first-order valence-electron chi connectivity index (χ1n) is 6.53. The lowest BCUT2D eigenvalue weighted by molar-refractivity contribution is 0.0921. The van der Waals surface area contributed by atoms with Crippen LogP contribution >= 0.6 is 0 Å². The van der Waals surface area contributed by atoms with Crippen molar-refractivity contribution in [3.05, 3.63) is 64.7 Å². The fraction of sp³-hybridized carbons (Fsp3) is 0.235. The molecule has 3 heteroatoms. The van der Waals surface area contributed by atoms with Gasteiger partial charge in [0.1, 0.15) is 5.75 Å². The zero-order valence-corrected chi connectivity index (χ0v) is 11.7. The highest BCUT2D eigenvalue weighted by Gasteiger charge is 2.10. The Balaban J connectivity index is 2.04. The van der Waals surface area contributed by atoms with Crippen molar-refractivity contribution in [2.24, 2.45) is 0 Å². The van der Waals surface area contributed by atoms with E-state index in [0.717, 1.165) is 16.7 Å². The van der Waals surface area contributed by atoms with Gasteiger partial charge in [0.05, 0.1) is 6.61 Å². The molecule has 0 aromatic heterocycles. The van der Waals surface area contributed by atoms with Crippen molar-refractivity contribution in [2.45, 2.75) is 20.5 Å². The van der Waals surface area contributed by atoms with E-state index in [-0.39, 0.29) is 19.0 Å². The van der Waals surface area contributed by atoms with Gasteiger partial charge in [-0.1, -0.05) is 35.9 Å². The van der Waals surface area contributed by atoms with Gasteiger partial charge in [-0.05, 0) is 37.1 Å². The topological polar surface area (TPSA) is 46.5 Å². The summed E-state index contributed by atoms with van der Waals surface area (Å²) in [5, 5.41) is 9.06. The van der Waals surface area contributed by atoms with E-state index in [1.807, 2.05) is 32.0 Å². The Kier molecular flexibility index (Phi) is 4.53. The Morgan fingerprint density at radius 2 is 1.95 bits per heavy atom. The molecule has 3 nitrogen and oxygen atoms in total. The number of benzene rings is 2. The molecule has 2 rings (SSSR count). The van der Waals surface area contributed by atoms with E-state index in [1.165, 1.54) is 0 Å². The van der Waals surface area contributed by atoms with Gasteiger partial charge in [-0.2, -0.15) is 0 Å². The quantitative estimate of drug-likeness (QED) is 0.849. The van der Waals surface area contributed by atoms with Crippen LogP contribution < -0.4 is 4.74 Å². The Bertz CT molecular complexity index is 617. The molecule has 0 aliphatic heterocycles. The predicted molar refractivity (Wildman–Crippen MR) is 78.1 cm³/mol. The second kappa shape index (κ2) is 6.35. The number of ether oxygens (including phenoxy) is 1. The first-order valence-corrected chi connectivity index (χ1v) is 6.53. The first kappa shape index (κ1) is 14.3. The van der Waals surface area contributed by atoms with E-state index in [9.17, 15) is 4.79 Å². The van der Waals surface area contributed by atoms with Crippen molar-refractivity contribution >= 4 is 5.78 Å². The van der Waals surface area contributed by atoms with E-state index in [2.05, 4.69) is 0 Å². The maximum atomic E-state index is 12.1. The third kappa shape index (κ3) is 3.45. The summed E-state index contributed by atoms with van der Waals surface area (Å²) >= 11 is 0. The summed E-state index contributed by atoms with van der Waals surface area (Å²) in [4.78, 5) is 12.1. The third-order valence-electron chi connectivity index (χ3n) is 3.13. The fourth-order valence-corrected chi connectivity index (χ4v) is 2.09. The molecule has 0 fully saturated rings.